The predicted octanol–water partition coefficient (Wildman–Crippen LogP) is 3.51. The van der Waals surface area contributed by atoms with Crippen LogP contribution < -0.4 is 19.1 Å². The summed E-state index contributed by atoms with van der Waals surface area (Å²) >= 11 is 0. The van der Waals surface area contributed by atoms with Crippen LogP contribution in [0.5, 0.6) is 17.4 Å². The molecule has 0 radical (unpaired) electrons. The largest absolute Gasteiger partial charge is 0.486 e. The zero-order valence-corrected chi connectivity index (χ0v) is 19.0. The molecule has 9 heteroatoms. The van der Waals surface area contributed by atoms with Gasteiger partial charge in [0.25, 0.3) is 0 Å². The number of aliphatic hydroxyl groups excluding tert-OH is 1. The third kappa shape index (κ3) is 4.70. The third-order valence-corrected chi connectivity index (χ3v) is 6.13. The fourth-order valence-corrected chi connectivity index (χ4v) is 4.30. The second-order valence-corrected chi connectivity index (χ2v) is 8.41. The summed E-state index contributed by atoms with van der Waals surface area (Å²) in [5.74, 6) is 1.84. The van der Waals surface area contributed by atoms with E-state index >= 15 is 0 Å². The Balaban J connectivity index is 1.15. The van der Waals surface area contributed by atoms with Gasteiger partial charge in [0, 0.05) is 18.3 Å². The Bertz CT molecular complexity index is 1190. The van der Waals surface area contributed by atoms with Crippen LogP contribution in [0.2, 0.25) is 0 Å². The number of methoxy groups -OCH3 is 1. The van der Waals surface area contributed by atoms with Crippen molar-refractivity contribution >= 4 is 22.8 Å². The Morgan fingerprint density at radius 1 is 1.15 bits per heavy atom. The van der Waals surface area contributed by atoms with Crippen LogP contribution in [0, 0.1) is 0 Å². The molecule has 3 aromatic rings. The van der Waals surface area contributed by atoms with Crippen LogP contribution in [0.3, 0.4) is 0 Å². The van der Waals surface area contributed by atoms with Gasteiger partial charge in [-0.25, -0.2) is 9.78 Å². The molecule has 0 saturated carbocycles. The molecular weight excluding hydrogens is 438 g/mol. The fourth-order valence-electron chi connectivity index (χ4n) is 4.30. The number of rotatable bonds is 8. The highest BCUT2D eigenvalue weighted by atomic mass is 16.6. The first-order valence-corrected chi connectivity index (χ1v) is 11.4. The van der Waals surface area contributed by atoms with Crippen molar-refractivity contribution in [2.45, 2.75) is 37.9 Å². The van der Waals surface area contributed by atoms with Crippen molar-refractivity contribution in [3.8, 4) is 17.4 Å². The van der Waals surface area contributed by atoms with Crippen molar-refractivity contribution in [3.63, 3.8) is 0 Å². The number of aromatic nitrogens is 2. The average Bonchev–Trinajstić information content (AvgIpc) is 3.25. The fraction of sp³-hybridized carbons (Fsp3) is 0.400. The lowest BCUT2D eigenvalue weighted by Crippen LogP contribution is -2.25. The van der Waals surface area contributed by atoms with Crippen LogP contribution in [-0.2, 0) is 11.2 Å². The summed E-state index contributed by atoms with van der Waals surface area (Å²) in [6.07, 6.45) is 2.92. The molecule has 2 unspecified atom stereocenters. The quantitative estimate of drug-likeness (QED) is 0.539. The van der Waals surface area contributed by atoms with Crippen LogP contribution >= 0.6 is 0 Å². The highest BCUT2D eigenvalue weighted by Gasteiger charge is 2.33. The first-order chi connectivity index (χ1) is 16.6. The molecule has 9 nitrogen and oxygen atoms in total. The molecule has 4 heterocycles. The van der Waals surface area contributed by atoms with Crippen molar-refractivity contribution in [2.75, 3.05) is 31.8 Å². The number of hydrogen-bond acceptors (Lipinski definition) is 8. The number of aryl methyl sites for hydroxylation is 1. The Kier molecular flexibility index (Phi) is 6.35. The third-order valence-electron chi connectivity index (χ3n) is 6.13. The number of carbonyl (C=O) groups is 1. The lowest BCUT2D eigenvalue weighted by atomic mass is 10.0. The summed E-state index contributed by atoms with van der Waals surface area (Å²) in [4.78, 5) is 22.9. The number of carbonyl (C=O) groups excluding carboxylic acids is 1. The van der Waals surface area contributed by atoms with Gasteiger partial charge in [0.1, 0.15) is 19.3 Å². The topological polar surface area (TPSA) is 103 Å². The van der Waals surface area contributed by atoms with E-state index in [4.69, 9.17) is 18.9 Å². The zero-order valence-electron chi connectivity index (χ0n) is 19.0. The Morgan fingerprint density at radius 3 is 2.85 bits per heavy atom. The van der Waals surface area contributed by atoms with Crippen molar-refractivity contribution in [2.24, 2.45) is 0 Å². The number of fused-ring (bicyclic) bond motifs is 2. The number of amides is 1. The number of cyclic esters (lactones) is 1. The smallest absolute Gasteiger partial charge is 0.414 e. The molecule has 0 aliphatic carbocycles. The van der Waals surface area contributed by atoms with E-state index in [9.17, 15) is 9.90 Å². The van der Waals surface area contributed by atoms with Gasteiger partial charge in [0.05, 0.1) is 36.5 Å². The van der Waals surface area contributed by atoms with Gasteiger partial charge in [0.15, 0.2) is 11.5 Å². The maximum Gasteiger partial charge on any atom is 0.414 e. The molecule has 5 rings (SSSR count). The Labute approximate surface area is 197 Å². The van der Waals surface area contributed by atoms with E-state index in [0.717, 1.165) is 16.6 Å². The molecular formula is C25H27N3O6. The number of pyridine rings is 2. The zero-order chi connectivity index (χ0) is 23.5. The van der Waals surface area contributed by atoms with Crippen LogP contribution in [-0.4, -0.2) is 60.2 Å². The van der Waals surface area contributed by atoms with Gasteiger partial charge in [-0.15, -0.1) is 0 Å². The van der Waals surface area contributed by atoms with Crippen molar-refractivity contribution in [1.82, 2.24) is 9.97 Å². The van der Waals surface area contributed by atoms with Crippen LogP contribution in [0.15, 0.2) is 42.6 Å². The van der Waals surface area contributed by atoms with Gasteiger partial charge in [-0.3, -0.25) is 9.88 Å². The monoisotopic (exact) mass is 465 g/mol. The molecule has 1 saturated heterocycles. The molecule has 178 valence electrons. The number of aliphatic hydroxyl groups is 1. The van der Waals surface area contributed by atoms with Gasteiger partial charge in [-0.2, -0.15) is 0 Å². The molecule has 0 bridgehead atoms. The van der Waals surface area contributed by atoms with E-state index < -0.39 is 6.10 Å². The Hall–Kier alpha value is -3.59. The first-order valence-electron chi connectivity index (χ1n) is 11.4. The lowest BCUT2D eigenvalue weighted by molar-refractivity contribution is 0.107. The molecule has 1 N–H and O–H groups in total. The summed E-state index contributed by atoms with van der Waals surface area (Å²) in [6, 6.07) is 11.0. The Morgan fingerprint density at radius 2 is 2.00 bits per heavy atom. The second kappa shape index (κ2) is 9.72. The van der Waals surface area contributed by atoms with Crippen molar-refractivity contribution in [3.05, 3.63) is 48.2 Å². The van der Waals surface area contributed by atoms with Gasteiger partial charge in [0.2, 0.25) is 5.88 Å². The van der Waals surface area contributed by atoms with E-state index in [2.05, 4.69) is 9.97 Å². The van der Waals surface area contributed by atoms with E-state index in [1.165, 1.54) is 0 Å². The number of ether oxygens (including phenoxy) is 4. The first kappa shape index (κ1) is 22.2. The van der Waals surface area contributed by atoms with E-state index in [1.54, 1.807) is 36.4 Å². The number of nitrogens with zero attached hydrogens (tertiary/aromatic N) is 3. The molecule has 1 amide bonds. The average molecular weight is 466 g/mol. The summed E-state index contributed by atoms with van der Waals surface area (Å²) in [5.41, 5.74) is 3.31. The summed E-state index contributed by atoms with van der Waals surface area (Å²) < 4.78 is 21.9. The summed E-state index contributed by atoms with van der Waals surface area (Å²) in [6.45, 7) is 1.44. The maximum absolute atomic E-state index is 12.4. The van der Waals surface area contributed by atoms with E-state index in [-0.39, 0.29) is 12.2 Å². The number of hydrogen-bond donors (Lipinski definition) is 1. The van der Waals surface area contributed by atoms with Crippen LogP contribution in [0.1, 0.15) is 24.8 Å². The van der Waals surface area contributed by atoms with Gasteiger partial charge in [-0.05, 0) is 55.5 Å². The molecule has 34 heavy (non-hydrogen) atoms. The maximum atomic E-state index is 12.4. The van der Waals surface area contributed by atoms with Gasteiger partial charge in [-0.1, -0.05) is 0 Å². The minimum atomic E-state index is -0.518. The molecule has 2 aromatic heterocycles. The molecule has 2 atom stereocenters. The lowest BCUT2D eigenvalue weighted by Gasteiger charge is -2.21. The van der Waals surface area contributed by atoms with Gasteiger partial charge >= 0.3 is 6.09 Å². The van der Waals surface area contributed by atoms with Crippen molar-refractivity contribution < 1.29 is 28.8 Å². The van der Waals surface area contributed by atoms with Crippen molar-refractivity contribution in [1.29, 1.82) is 0 Å². The molecule has 0 spiro atoms. The molecule has 2 aliphatic heterocycles. The highest BCUT2D eigenvalue weighted by molar-refractivity contribution is 5.90. The predicted molar refractivity (Wildman–Crippen MR) is 125 cm³/mol. The minimum absolute atomic E-state index is 0.275. The summed E-state index contributed by atoms with van der Waals surface area (Å²) in [7, 11) is 1.58. The number of anilines is 1. The molecule has 1 aromatic carbocycles. The second-order valence-electron chi connectivity index (χ2n) is 8.41. The molecule has 2 aliphatic rings. The van der Waals surface area contributed by atoms with Crippen LogP contribution in [0.4, 0.5) is 10.5 Å². The normalized spacial score (nSPS) is 18.1. The molecule has 1 fully saturated rings. The standard InChI is InChI=1S/C25H27N3O6/c1-31-23-9-7-20-24(27-23)16(10-11-26-20)2-4-18(29)5-6-19-15-28(25(30)34-19)17-3-8-21-22(14-17)33-13-12-32-21/h3,7-11,14,18-19,29H,2,4-6,12-13,15H2,1H3. The van der Waals surface area contributed by atoms with E-state index in [1.807, 2.05) is 18.2 Å². The SMILES string of the molecule is COc1ccc2nccc(CCC(O)CCC3CN(c4ccc5c(c4)OCCO5)C(=O)O3)c2n1. The highest BCUT2D eigenvalue weighted by Crippen LogP contribution is 2.35. The minimum Gasteiger partial charge on any atom is -0.486 e. The number of benzene rings is 1. The van der Waals surface area contributed by atoms with Crippen LogP contribution in [0.25, 0.3) is 11.0 Å². The summed E-state index contributed by atoms with van der Waals surface area (Å²) in [5, 5.41) is 10.6. The van der Waals surface area contributed by atoms with Gasteiger partial charge < -0.3 is 24.1 Å². The van der Waals surface area contributed by atoms with E-state index in [0.29, 0.717) is 68.5 Å².